The molecule has 0 fully saturated rings. The molecule has 160 valence electrons. The third kappa shape index (κ3) is 6.23. The molecule has 2 aromatic carbocycles. The maximum absolute atomic E-state index is 12.1. The predicted octanol–water partition coefficient (Wildman–Crippen LogP) is 3.20. The number of rotatable bonds is 9. The fourth-order valence-corrected chi connectivity index (χ4v) is 2.80. The summed E-state index contributed by atoms with van der Waals surface area (Å²) in [6.07, 6.45) is 1.53. The van der Waals surface area contributed by atoms with Crippen LogP contribution in [0.1, 0.15) is 29.5 Å². The number of ether oxygens (including phenoxy) is 3. The Morgan fingerprint density at radius 2 is 1.57 bits per heavy atom. The molecule has 0 bridgehead atoms. The highest BCUT2D eigenvalue weighted by atomic mass is 16.5. The monoisotopic (exact) mass is 413 g/mol. The van der Waals surface area contributed by atoms with Crippen molar-refractivity contribution in [2.24, 2.45) is 5.10 Å². The van der Waals surface area contributed by atoms with Gasteiger partial charge in [-0.2, -0.15) is 5.10 Å². The Morgan fingerprint density at radius 3 is 2.13 bits per heavy atom. The first kappa shape index (κ1) is 22.7. The fourth-order valence-electron chi connectivity index (χ4n) is 2.80. The highest BCUT2D eigenvalue weighted by Crippen LogP contribution is 2.37. The van der Waals surface area contributed by atoms with E-state index in [4.69, 9.17) is 14.2 Å². The van der Waals surface area contributed by atoms with E-state index in [-0.39, 0.29) is 24.7 Å². The molecule has 2 amide bonds. The molecule has 8 heteroatoms. The average molecular weight is 413 g/mol. The van der Waals surface area contributed by atoms with Crippen LogP contribution >= 0.6 is 0 Å². The smallest absolute Gasteiger partial charge is 0.240 e. The van der Waals surface area contributed by atoms with Gasteiger partial charge in [0, 0.05) is 24.1 Å². The van der Waals surface area contributed by atoms with Crippen LogP contribution in [0.5, 0.6) is 17.2 Å². The summed E-state index contributed by atoms with van der Waals surface area (Å²) < 4.78 is 15.8. The van der Waals surface area contributed by atoms with Crippen molar-refractivity contribution in [3.05, 3.63) is 47.0 Å². The van der Waals surface area contributed by atoms with Crippen molar-refractivity contribution in [1.29, 1.82) is 0 Å². The van der Waals surface area contributed by atoms with E-state index in [2.05, 4.69) is 15.8 Å². The summed E-state index contributed by atoms with van der Waals surface area (Å²) in [7, 11) is 4.55. The molecule has 0 saturated carbocycles. The van der Waals surface area contributed by atoms with Crippen LogP contribution < -0.4 is 25.0 Å². The minimum atomic E-state index is -0.366. The number of nitrogens with one attached hydrogen (secondary N) is 2. The number of aryl methyl sites for hydroxylation is 2. The summed E-state index contributed by atoms with van der Waals surface area (Å²) in [4.78, 5) is 24.1. The molecular weight excluding hydrogens is 386 g/mol. The lowest BCUT2D eigenvalue weighted by Crippen LogP contribution is -2.20. The van der Waals surface area contributed by atoms with Gasteiger partial charge in [-0.05, 0) is 37.6 Å². The summed E-state index contributed by atoms with van der Waals surface area (Å²) in [5.41, 5.74) is 5.90. The second-order valence-corrected chi connectivity index (χ2v) is 6.62. The molecule has 0 unspecified atom stereocenters. The van der Waals surface area contributed by atoms with Gasteiger partial charge in [-0.25, -0.2) is 5.43 Å². The zero-order valence-electron chi connectivity index (χ0n) is 17.9. The summed E-state index contributed by atoms with van der Waals surface area (Å²) >= 11 is 0. The molecule has 2 N–H and O–H groups in total. The van der Waals surface area contributed by atoms with Crippen LogP contribution in [-0.4, -0.2) is 39.4 Å². The van der Waals surface area contributed by atoms with Gasteiger partial charge in [-0.1, -0.05) is 17.7 Å². The maximum Gasteiger partial charge on any atom is 0.240 e. The van der Waals surface area contributed by atoms with Crippen molar-refractivity contribution in [2.75, 3.05) is 26.6 Å². The molecule has 0 spiro atoms. The fraction of sp³-hybridized carbons (Fsp3) is 0.318. The summed E-state index contributed by atoms with van der Waals surface area (Å²) in [5.74, 6) is 0.830. The number of hydrazone groups is 1. The Labute approximate surface area is 176 Å². The van der Waals surface area contributed by atoms with E-state index in [0.29, 0.717) is 22.8 Å². The first-order chi connectivity index (χ1) is 14.4. The molecule has 0 radical (unpaired) electrons. The van der Waals surface area contributed by atoms with Crippen LogP contribution in [0.15, 0.2) is 35.4 Å². The quantitative estimate of drug-likeness (QED) is 0.486. The van der Waals surface area contributed by atoms with Gasteiger partial charge in [0.2, 0.25) is 17.6 Å². The van der Waals surface area contributed by atoms with Crippen LogP contribution in [0.4, 0.5) is 5.69 Å². The number of anilines is 1. The number of nitrogens with zero attached hydrogens (tertiary/aromatic N) is 1. The molecule has 2 aromatic rings. The molecule has 8 nitrogen and oxygen atoms in total. The molecule has 0 aromatic heterocycles. The van der Waals surface area contributed by atoms with Crippen LogP contribution in [0, 0.1) is 13.8 Å². The van der Waals surface area contributed by atoms with E-state index in [1.54, 1.807) is 12.1 Å². The van der Waals surface area contributed by atoms with Crippen molar-refractivity contribution < 1.29 is 23.8 Å². The minimum Gasteiger partial charge on any atom is -0.493 e. The Balaban J connectivity index is 1.88. The number of hydrogen-bond donors (Lipinski definition) is 2. The molecule has 0 aliphatic rings. The minimum absolute atomic E-state index is 0.0172. The van der Waals surface area contributed by atoms with Crippen LogP contribution in [-0.2, 0) is 9.59 Å². The van der Waals surface area contributed by atoms with Crippen molar-refractivity contribution >= 4 is 23.7 Å². The first-order valence-electron chi connectivity index (χ1n) is 9.37. The topological polar surface area (TPSA) is 98.2 Å². The van der Waals surface area contributed by atoms with Gasteiger partial charge in [0.15, 0.2) is 11.5 Å². The number of amides is 2. The molecule has 0 saturated heterocycles. The van der Waals surface area contributed by atoms with Crippen molar-refractivity contribution in [3.63, 3.8) is 0 Å². The van der Waals surface area contributed by atoms with Gasteiger partial charge in [-0.15, -0.1) is 0 Å². The van der Waals surface area contributed by atoms with Gasteiger partial charge >= 0.3 is 0 Å². The lowest BCUT2D eigenvalue weighted by Gasteiger charge is -2.12. The molecular formula is C22H27N3O5. The van der Waals surface area contributed by atoms with Crippen LogP contribution in [0.3, 0.4) is 0 Å². The molecule has 0 aliphatic carbocycles. The average Bonchev–Trinajstić information content (AvgIpc) is 2.73. The molecule has 0 heterocycles. The first-order valence-corrected chi connectivity index (χ1v) is 9.37. The number of carbonyl (C=O) groups is 2. The largest absolute Gasteiger partial charge is 0.493 e. The molecule has 0 atom stereocenters. The second kappa shape index (κ2) is 10.8. The lowest BCUT2D eigenvalue weighted by molar-refractivity contribution is -0.124. The number of methoxy groups -OCH3 is 3. The summed E-state index contributed by atoms with van der Waals surface area (Å²) in [6.45, 7) is 3.91. The lowest BCUT2D eigenvalue weighted by atomic mass is 10.1. The second-order valence-electron chi connectivity index (χ2n) is 6.62. The van der Waals surface area contributed by atoms with E-state index in [9.17, 15) is 9.59 Å². The Kier molecular flexibility index (Phi) is 8.22. The van der Waals surface area contributed by atoms with Gasteiger partial charge in [0.25, 0.3) is 0 Å². The third-order valence-corrected chi connectivity index (χ3v) is 4.33. The van der Waals surface area contributed by atoms with E-state index in [0.717, 1.165) is 16.8 Å². The van der Waals surface area contributed by atoms with Gasteiger partial charge in [0.05, 0.1) is 27.5 Å². The van der Waals surface area contributed by atoms with Crippen molar-refractivity contribution in [2.45, 2.75) is 26.7 Å². The van der Waals surface area contributed by atoms with Gasteiger partial charge in [-0.3, -0.25) is 9.59 Å². The SMILES string of the molecule is COc1cc(C=NNC(=O)CCC(=O)Nc2ccc(C)cc2C)cc(OC)c1OC. The zero-order chi connectivity index (χ0) is 22.1. The van der Waals surface area contributed by atoms with Crippen LogP contribution in [0.2, 0.25) is 0 Å². The normalized spacial score (nSPS) is 10.6. The number of benzene rings is 2. The Morgan fingerprint density at radius 1 is 0.933 bits per heavy atom. The maximum atomic E-state index is 12.1. The summed E-state index contributed by atoms with van der Waals surface area (Å²) in [5, 5.41) is 6.74. The number of carbonyl (C=O) groups excluding carboxylic acids is 2. The third-order valence-electron chi connectivity index (χ3n) is 4.33. The molecule has 2 rings (SSSR count). The van der Waals surface area contributed by atoms with Gasteiger partial charge < -0.3 is 19.5 Å². The van der Waals surface area contributed by atoms with Crippen molar-refractivity contribution in [3.8, 4) is 17.2 Å². The Bertz CT molecular complexity index is 915. The van der Waals surface area contributed by atoms with E-state index < -0.39 is 0 Å². The standard InChI is InChI=1S/C22H27N3O5/c1-14-6-7-17(15(2)10-14)24-20(26)8-9-21(27)25-23-13-16-11-18(28-3)22(30-5)19(12-16)29-4/h6-7,10-13H,8-9H2,1-5H3,(H,24,26)(H,25,27). The highest BCUT2D eigenvalue weighted by molar-refractivity contribution is 5.94. The van der Waals surface area contributed by atoms with Gasteiger partial charge in [0.1, 0.15) is 0 Å². The highest BCUT2D eigenvalue weighted by Gasteiger charge is 2.12. The van der Waals surface area contributed by atoms with E-state index in [1.165, 1.54) is 27.5 Å². The van der Waals surface area contributed by atoms with Crippen molar-refractivity contribution in [1.82, 2.24) is 5.43 Å². The summed E-state index contributed by atoms with van der Waals surface area (Å²) in [6, 6.07) is 9.17. The van der Waals surface area contributed by atoms with E-state index in [1.807, 2.05) is 32.0 Å². The molecule has 0 aliphatic heterocycles. The van der Waals surface area contributed by atoms with E-state index >= 15 is 0 Å². The number of hydrogen-bond acceptors (Lipinski definition) is 6. The zero-order valence-corrected chi connectivity index (χ0v) is 17.9. The Hall–Kier alpha value is -3.55. The van der Waals surface area contributed by atoms with Crippen LogP contribution in [0.25, 0.3) is 0 Å². The predicted molar refractivity (Wildman–Crippen MR) is 116 cm³/mol. The molecule has 30 heavy (non-hydrogen) atoms.